The van der Waals surface area contributed by atoms with Gasteiger partial charge in [0.05, 0.1) is 10.9 Å². The molecule has 0 aliphatic rings. The zero-order valence-electron chi connectivity index (χ0n) is 10.3. The fourth-order valence-electron chi connectivity index (χ4n) is 1.73. The predicted octanol–water partition coefficient (Wildman–Crippen LogP) is 3.85. The Morgan fingerprint density at radius 2 is 2.17 bits per heavy atom. The maximum absolute atomic E-state index is 5.21. The van der Waals surface area contributed by atoms with Gasteiger partial charge in [-0.3, -0.25) is 0 Å². The second kappa shape index (κ2) is 6.92. The van der Waals surface area contributed by atoms with Crippen molar-refractivity contribution < 1.29 is 4.74 Å². The highest BCUT2D eigenvalue weighted by atomic mass is 79.9. The minimum absolute atomic E-state index is 0.923. The molecule has 18 heavy (non-hydrogen) atoms. The molecule has 0 amide bonds. The Labute approximate surface area is 120 Å². The van der Waals surface area contributed by atoms with Gasteiger partial charge in [0, 0.05) is 6.54 Å². The van der Waals surface area contributed by atoms with Gasteiger partial charge in [0.2, 0.25) is 0 Å². The molecule has 1 N–H and O–H groups in total. The molecule has 0 bridgehead atoms. The molecule has 1 aromatic carbocycles. The lowest BCUT2D eigenvalue weighted by atomic mass is 10.1. The summed E-state index contributed by atoms with van der Waals surface area (Å²) in [6, 6.07) is 10.4. The van der Waals surface area contributed by atoms with Crippen LogP contribution in [0.25, 0.3) is 0 Å². The smallest absolute Gasteiger partial charge is 0.119 e. The Bertz CT molecular complexity index is 498. The molecule has 2 rings (SSSR count). The monoisotopic (exact) mass is 325 g/mol. The quantitative estimate of drug-likeness (QED) is 0.814. The third-order valence-corrected chi connectivity index (χ3v) is 4.23. The highest BCUT2D eigenvalue weighted by molar-refractivity contribution is 9.11. The number of methoxy groups -OCH3 is 1. The Morgan fingerprint density at radius 3 is 2.89 bits per heavy atom. The Morgan fingerprint density at radius 1 is 1.28 bits per heavy atom. The highest BCUT2D eigenvalue weighted by Crippen LogP contribution is 2.20. The first-order valence-corrected chi connectivity index (χ1v) is 7.52. The summed E-state index contributed by atoms with van der Waals surface area (Å²) in [5, 5.41) is 5.62. The molecular weight excluding hydrogens is 310 g/mol. The second-order valence-electron chi connectivity index (χ2n) is 4.04. The van der Waals surface area contributed by atoms with Crippen LogP contribution in [0, 0.1) is 0 Å². The summed E-state index contributed by atoms with van der Waals surface area (Å²) in [7, 11) is 1.70. The van der Waals surface area contributed by atoms with E-state index in [2.05, 4.69) is 44.8 Å². The SMILES string of the molecule is COc1cccc(CCNCc2csc(Br)c2)c1. The van der Waals surface area contributed by atoms with Crippen molar-refractivity contribution in [3.63, 3.8) is 0 Å². The summed E-state index contributed by atoms with van der Waals surface area (Å²) in [5.74, 6) is 0.925. The summed E-state index contributed by atoms with van der Waals surface area (Å²) >= 11 is 5.19. The van der Waals surface area contributed by atoms with Crippen molar-refractivity contribution in [2.24, 2.45) is 0 Å². The van der Waals surface area contributed by atoms with E-state index in [4.69, 9.17) is 4.74 Å². The first kappa shape index (κ1) is 13.6. The van der Waals surface area contributed by atoms with E-state index in [9.17, 15) is 0 Å². The standard InChI is InChI=1S/C14H16BrNOS/c1-17-13-4-2-3-11(7-13)5-6-16-9-12-8-14(15)18-10-12/h2-4,7-8,10,16H,5-6,9H2,1H3. The first-order chi connectivity index (χ1) is 8.78. The first-order valence-electron chi connectivity index (χ1n) is 5.84. The average Bonchev–Trinajstić information content (AvgIpc) is 2.81. The summed E-state index contributed by atoms with van der Waals surface area (Å²) in [5.41, 5.74) is 2.63. The van der Waals surface area contributed by atoms with Crippen molar-refractivity contribution in [3.05, 3.63) is 50.6 Å². The number of hydrogen-bond donors (Lipinski definition) is 1. The van der Waals surface area contributed by atoms with E-state index >= 15 is 0 Å². The Balaban J connectivity index is 1.74. The molecule has 1 heterocycles. The fourth-order valence-corrected chi connectivity index (χ4v) is 2.94. The minimum atomic E-state index is 0.923. The lowest BCUT2D eigenvalue weighted by Crippen LogP contribution is -2.16. The summed E-state index contributed by atoms with van der Waals surface area (Å²) < 4.78 is 6.40. The van der Waals surface area contributed by atoms with Gasteiger partial charge in [-0.1, -0.05) is 12.1 Å². The lowest BCUT2D eigenvalue weighted by Gasteiger charge is -2.05. The fraction of sp³-hybridized carbons (Fsp3) is 0.286. The number of ether oxygens (including phenoxy) is 1. The number of rotatable bonds is 6. The number of benzene rings is 1. The minimum Gasteiger partial charge on any atom is -0.497 e. The van der Waals surface area contributed by atoms with Crippen LogP contribution >= 0.6 is 27.3 Å². The predicted molar refractivity (Wildman–Crippen MR) is 80.4 cm³/mol. The number of thiophene rings is 1. The molecule has 0 aliphatic carbocycles. The zero-order chi connectivity index (χ0) is 12.8. The van der Waals surface area contributed by atoms with Gasteiger partial charge < -0.3 is 10.1 Å². The van der Waals surface area contributed by atoms with E-state index in [1.807, 2.05) is 12.1 Å². The van der Waals surface area contributed by atoms with Gasteiger partial charge in [-0.15, -0.1) is 11.3 Å². The lowest BCUT2D eigenvalue weighted by molar-refractivity contribution is 0.414. The molecule has 0 aliphatic heterocycles. The molecule has 0 saturated heterocycles. The van der Waals surface area contributed by atoms with E-state index in [1.54, 1.807) is 18.4 Å². The topological polar surface area (TPSA) is 21.3 Å². The van der Waals surface area contributed by atoms with Crippen LogP contribution in [0.4, 0.5) is 0 Å². The molecule has 0 atom stereocenters. The number of hydrogen-bond acceptors (Lipinski definition) is 3. The summed E-state index contributed by atoms with van der Waals surface area (Å²) in [6.45, 7) is 1.90. The third kappa shape index (κ3) is 4.12. The van der Waals surface area contributed by atoms with Crippen LogP contribution in [-0.4, -0.2) is 13.7 Å². The summed E-state index contributed by atoms with van der Waals surface area (Å²) in [6.07, 6.45) is 1.02. The van der Waals surface area contributed by atoms with Crippen molar-refractivity contribution in [1.29, 1.82) is 0 Å². The van der Waals surface area contributed by atoms with Gasteiger partial charge in [-0.2, -0.15) is 0 Å². The molecule has 4 heteroatoms. The van der Waals surface area contributed by atoms with E-state index in [0.29, 0.717) is 0 Å². The van der Waals surface area contributed by atoms with Crippen molar-refractivity contribution in [1.82, 2.24) is 5.32 Å². The molecule has 0 spiro atoms. The van der Waals surface area contributed by atoms with Gasteiger partial charge in [0.15, 0.2) is 0 Å². The van der Waals surface area contributed by atoms with Crippen LogP contribution in [0.1, 0.15) is 11.1 Å². The molecule has 2 aromatic rings. The number of halogens is 1. The van der Waals surface area contributed by atoms with Gasteiger partial charge >= 0.3 is 0 Å². The maximum atomic E-state index is 5.21. The van der Waals surface area contributed by atoms with Gasteiger partial charge in [-0.05, 0) is 63.6 Å². The van der Waals surface area contributed by atoms with Crippen LogP contribution in [0.15, 0.2) is 39.5 Å². The van der Waals surface area contributed by atoms with Gasteiger partial charge in [0.25, 0.3) is 0 Å². The van der Waals surface area contributed by atoms with Crippen molar-refractivity contribution in [3.8, 4) is 5.75 Å². The molecule has 0 fully saturated rings. The molecule has 0 unspecified atom stereocenters. The molecule has 96 valence electrons. The molecule has 1 aromatic heterocycles. The Hall–Kier alpha value is -0.840. The van der Waals surface area contributed by atoms with Gasteiger partial charge in [-0.25, -0.2) is 0 Å². The maximum Gasteiger partial charge on any atom is 0.119 e. The van der Waals surface area contributed by atoms with Crippen LogP contribution in [0.2, 0.25) is 0 Å². The van der Waals surface area contributed by atoms with Crippen LogP contribution in [0.3, 0.4) is 0 Å². The molecule has 0 radical (unpaired) electrons. The van der Waals surface area contributed by atoms with Crippen LogP contribution < -0.4 is 10.1 Å². The normalized spacial score (nSPS) is 10.6. The van der Waals surface area contributed by atoms with Crippen molar-refractivity contribution in [2.75, 3.05) is 13.7 Å². The molecular formula is C14H16BrNOS. The van der Waals surface area contributed by atoms with Crippen LogP contribution in [0.5, 0.6) is 5.75 Å². The van der Waals surface area contributed by atoms with Gasteiger partial charge in [0.1, 0.15) is 5.75 Å². The van der Waals surface area contributed by atoms with Crippen molar-refractivity contribution >= 4 is 27.3 Å². The van der Waals surface area contributed by atoms with Crippen molar-refractivity contribution in [2.45, 2.75) is 13.0 Å². The zero-order valence-corrected chi connectivity index (χ0v) is 12.7. The molecule has 2 nitrogen and oxygen atoms in total. The summed E-state index contributed by atoms with van der Waals surface area (Å²) in [4.78, 5) is 0. The van der Waals surface area contributed by atoms with E-state index in [0.717, 1.165) is 25.3 Å². The average molecular weight is 326 g/mol. The van der Waals surface area contributed by atoms with Crippen LogP contribution in [-0.2, 0) is 13.0 Å². The number of nitrogens with one attached hydrogen (secondary N) is 1. The molecule has 0 saturated carbocycles. The van der Waals surface area contributed by atoms with E-state index in [-0.39, 0.29) is 0 Å². The second-order valence-corrected chi connectivity index (χ2v) is 6.33. The third-order valence-electron chi connectivity index (χ3n) is 2.68. The van der Waals surface area contributed by atoms with E-state index in [1.165, 1.54) is 14.9 Å². The van der Waals surface area contributed by atoms with E-state index < -0.39 is 0 Å². The highest BCUT2D eigenvalue weighted by Gasteiger charge is 1.98. The largest absolute Gasteiger partial charge is 0.497 e. The Kier molecular flexibility index (Phi) is 5.23.